The minimum atomic E-state index is -0.354. The number of carbonyl (C=O) groups excluding carboxylic acids is 1. The Morgan fingerprint density at radius 2 is 2.00 bits per heavy atom. The standard InChI is InChI=1S/C19H17BrN2O4/c1-22-11-17(25-12-13-5-3-2-4-6-13)15(23)9-14(22)10-21-19(24)16-7-8-18(20)26-16/h2-9,11H,10,12H2,1H3,(H,21,24). The lowest BCUT2D eigenvalue weighted by Crippen LogP contribution is -2.25. The fraction of sp³-hybridized carbons (Fsp3) is 0.158. The highest BCUT2D eigenvalue weighted by Crippen LogP contribution is 2.14. The van der Waals surface area contributed by atoms with Gasteiger partial charge in [-0.1, -0.05) is 30.3 Å². The third-order valence-electron chi connectivity index (χ3n) is 3.77. The second-order valence-corrected chi connectivity index (χ2v) is 6.45. The number of nitrogens with one attached hydrogen (secondary N) is 1. The van der Waals surface area contributed by atoms with Gasteiger partial charge in [0.1, 0.15) is 6.61 Å². The van der Waals surface area contributed by atoms with Crippen molar-refractivity contribution in [2.45, 2.75) is 13.2 Å². The molecule has 0 saturated carbocycles. The minimum absolute atomic E-state index is 0.196. The number of hydrogen-bond acceptors (Lipinski definition) is 4. The number of pyridine rings is 1. The van der Waals surface area contributed by atoms with Crippen LogP contribution in [0.5, 0.6) is 5.75 Å². The number of ether oxygens (including phenoxy) is 1. The van der Waals surface area contributed by atoms with Crippen LogP contribution < -0.4 is 15.5 Å². The summed E-state index contributed by atoms with van der Waals surface area (Å²) in [6.45, 7) is 0.515. The maximum absolute atomic E-state index is 12.3. The third-order valence-corrected chi connectivity index (χ3v) is 4.19. The van der Waals surface area contributed by atoms with E-state index in [2.05, 4.69) is 21.2 Å². The second kappa shape index (κ2) is 8.05. The van der Waals surface area contributed by atoms with Crippen LogP contribution in [0.2, 0.25) is 0 Å². The van der Waals surface area contributed by atoms with Gasteiger partial charge in [-0.05, 0) is 33.6 Å². The van der Waals surface area contributed by atoms with Crippen LogP contribution in [0.15, 0.2) is 68.6 Å². The monoisotopic (exact) mass is 416 g/mol. The smallest absolute Gasteiger partial charge is 0.287 e. The number of hydrogen-bond donors (Lipinski definition) is 1. The normalized spacial score (nSPS) is 10.5. The molecule has 0 aliphatic heterocycles. The first kappa shape index (κ1) is 18.0. The second-order valence-electron chi connectivity index (χ2n) is 5.66. The lowest BCUT2D eigenvalue weighted by Gasteiger charge is -2.12. The molecule has 0 aliphatic carbocycles. The Labute approximate surface area is 158 Å². The molecule has 6 nitrogen and oxygen atoms in total. The Morgan fingerprint density at radius 1 is 1.23 bits per heavy atom. The van der Waals surface area contributed by atoms with Crippen LogP contribution in [0.4, 0.5) is 0 Å². The average Bonchev–Trinajstić information content (AvgIpc) is 3.08. The van der Waals surface area contributed by atoms with Gasteiger partial charge < -0.3 is 19.0 Å². The number of rotatable bonds is 6. The molecule has 3 aromatic rings. The number of benzene rings is 1. The van der Waals surface area contributed by atoms with E-state index < -0.39 is 0 Å². The molecular formula is C19H17BrN2O4. The molecule has 7 heteroatoms. The van der Waals surface area contributed by atoms with Gasteiger partial charge in [0.25, 0.3) is 5.91 Å². The minimum Gasteiger partial charge on any atom is -0.483 e. The van der Waals surface area contributed by atoms with E-state index >= 15 is 0 Å². The summed E-state index contributed by atoms with van der Waals surface area (Å²) in [5, 5.41) is 2.72. The van der Waals surface area contributed by atoms with E-state index in [1.165, 1.54) is 6.07 Å². The summed E-state index contributed by atoms with van der Waals surface area (Å²) in [6.07, 6.45) is 1.62. The predicted octanol–water partition coefficient (Wildman–Crippen LogP) is 3.25. The largest absolute Gasteiger partial charge is 0.483 e. The van der Waals surface area contributed by atoms with E-state index in [0.29, 0.717) is 17.0 Å². The summed E-state index contributed by atoms with van der Waals surface area (Å²) in [5.41, 5.74) is 1.40. The average molecular weight is 417 g/mol. The molecule has 26 heavy (non-hydrogen) atoms. The molecule has 1 amide bonds. The molecule has 0 bridgehead atoms. The first-order valence-corrected chi connectivity index (χ1v) is 8.72. The van der Waals surface area contributed by atoms with Crippen molar-refractivity contribution in [3.63, 3.8) is 0 Å². The van der Waals surface area contributed by atoms with Gasteiger partial charge in [-0.25, -0.2) is 0 Å². The van der Waals surface area contributed by atoms with Gasteiger partial charge in [-0.3, -0.25) is 9.59 Å². The Balaban J connectivity index is 1.65. The van der Waals surface area contributed by atoms with Crippen molar-refractivity contribution in [2.24, 2.45) is 7.05 Å². The number of carbonyl (C=O) groups is 1. The van der Waals surface area contributed by atoms with Gasteiger partial charge in [-0.2, -0.15) is 0 Å². The number of amides is 1. The Hall–Kier alpha value is -2.80. The molecule has 0 fully saturated rings. The lowest BCUT2D eigenvalue weighted by atomic mass is 10.2. The highest BCUT2D eigenvalue weighted by atomic mass is 79.9. The van der Waals surface area contributed by atoms with E-state index in [0.717, 1.165) is 5.56 Å². The summed E-state index contributed by atoms with van der Waals surface area (Å²) in [4.78, 5) is 24.3. The predicted molar refractivity (Wildman–Crippen MR) is 100 cm³/mol. The molecule has 1 aromatic carbocycles. The molecule has 134 valence electrons. The number of aromatic nitrogens is 1. The molecule has 0 aliphatic rings. The van der Waals surface area contributed by atoms with Crippen molar-refractivity contribution in [3.05, 3.63) is 86.6 Å². The van der Waals surface area contributed by atoms with Gasteiger partial charge in [0.2, 0.25) is 5.43 Å². The first-order valence-electron chi connectivity index (χ1n) is 7.93. The topological polar surface area (TPSA) is 73.5 Å². The highest BCUT2D eigenvalue weighted by Gasteiger charge is 2.12. The molecule has 3 rings (SSSR count). The Morgan fingerprint density at radius 3 is 2.69 bits per heavy atom. The van der Waals surface area contributed by atoms with E-state index in [-0.39, 0.29) is 29.4 Å². The quantitative estimate of drug-likeness (QED) is 0.669. The summed E-state index contributed by atoms with van der Waals surface area (Å²) < 4.78 is 13.0. The van der Waals surface area contributed by atoms with E-state index in [9.17, 15) is 9.59 Å². The SMILES string of the molecule is Cn1cc(OCc2ccccc2)c(=O)cc1CNC(=O)c1ccc(Br)o1. The number of furan rings is 1. The van der Waals surface area contributed by atoms with Crippen molar-refractivity contribution >= 4 is 21.8 Å². The van der Waals surface area contributed by atoms with E-state index in [4.69, 9.17) is 9.15 Å². The number of halogens is 1. The highest BCUT2D eigenvalue weighted by molar-refractivity contribution is 9.10. The zero-order chi connectivity index (χ0) is 18.5. The molecule has 0 radical (unpaired) electrons. The van der Waals surface area contributed by atoms with Crippen LogP contribution in [0.3, 0.4) is 0 Å². The van der Waals surface area contributed by atoms with E-state index in [1.807, 2.05) is 30.3 Å². The summed E-state index contributed by atoms with van der Waals surface area (Å²) in [5.74, 6) is 0.110. The van der Waals surface area contributed by atoms with Crippen LogP contribution in [0.25, 0.3) is 0 Å². The summed E-state index contributed by atoms with van der Waals surface area (Å²) in [6, 6.07) is 14.3. The first-order chi connectivity index (χ1) is 12.5. The van der Waals surface area contributed by atoms with Crippen LogP contribution in [-0.2, 0) is 20.2 Å². The summed E-state index contributed by atoms with van der Waals surface area (Å²) >= 11 is 3.15. The molecule has 0 saturated heterocycles. The Kier molecular flexibility index (Phi) is 5.58. The zero-order valence-corrected chi connectivity index (χ0v) is 15.7. The maximum Gasteiger partial charge on any atom is 0.287 e. The zero-order valence-electron chi connectivity index (χ0n) is 14.1. The number of aryl methyl sites for hydroxylation is 1. The molecule has 0 unspecified atom stereocenters. The van der Waals surface area contributed by atoms with Crippen molar-refractivity contribution in [2.75, 3.05) is 0 Å². The van der Waals surface area contributed by atoms with Gasteiger partial charge >= 0.3 is 0 Å². The maximum atomic E-state index is 12.3. The molecule has 2 heterocycles. The fourth-order valence-corrected chi connectivity index (χ4v) is 2.67. The van der Waals surface area contributed by atoms with Crippen LogP contribution in [0, 0.1) is 0 Å². The summed E-state index contributed by atoms with van der Waals surface area (Å²) in [7, 11) is 1.79. The van der Waals surface area contributed by atoms with Crippen molar-refractivity contribution < 1.29 is 13.9 Å². The molecule has 2 aromatic heterocycles. The van der Waals surface area contributed by atoms with Crippen molar-refractivity contribution in [3.8, 4) is 5.75 Å². The van der Waals surface area contributed by atoms with Gasteiger partial charge in [0.05, 0.1) is 12.7 Å². The van der Waals surface area contributed by atoms with Crippen LogP contribution in [-0.4, -0.2) is 10.5 Å². The van der Waals surface area contributed by atoms with Gasteiger partial charge in [0, 0.05) is 18.8 Å². The fourth-order valence-electron chi connectivity index (χ4n) is 2.36. The van der Waals surface area contributed by atoms with Crippen molar-refractivity contribution in [1.29, 1.82) is 0 Å². The lowest BCUT2D eigenvalue weighted by molar-refractivity contribution is 0.0921. The Bertz CT molecular complexity index is 963. The van der Waals surface area contributed by atoms with Crippen molar-refractivity contribution in [1.82, 2.24) is 9.88 Å². The van der Waals surface area contributed by atoms with Gasteiger partial charge in [0.15, 0.2) is 16.2 Å². The molecular weight excluding hydrogens is 400 g/mol. The van der Waals surface area contributed by atoms with Gasteiger partial charge in [-0.15, -0.1) is 0 Å². The van der Waals surface area contributed by atoms with Crippen LogP contribution in [0.1, 0.15) is 21.8 Å². The number of nitrogens with zero attached hydrogens (tertiary/aromatic N) is 1. The molecule has 0 atom stereocenters. The van der Waals surface area contributed by atoms with Crippen LogP contribution >= 0.6 is 15.9 Å². The molecule has 1 N–H and O–H groups in total. The molecule has 0 spiro atoms. The van der Waals surface area contributed by atoms with E-state index in [1.54, 1.807) is 29.9 Å². The third kappa shape index (κ3) is 4.43.